The molecule has 1 N–H and O–H groups in total. The van der Waals surface area contributed by atoms with Crippen LogP contribution in [-0.4, -0.2) is 13.0 Å². The van der Waals surface area contributed by atoms with Gasteiger partial charge in [-0.1, -0.05) is 18.2 Å². The fraction of sp³-hybridized carbons (Fsp3) is 0.0667. The highest BCUT2D eigenvalue weighted by Gasteiger charge is 2.09. The van der Waals surface area contributed by atoms with E-state index in [1.807, 2.05) is 6.07 Å². The molecule has 5 heteroatoms. The topological polar surface area (TPSA) is 52.9 Å². The van der Waals surface area contributed by atoms with E-state index in [1.54, 1.807) is 30.3 Å². The number of amides is 1. The Balaban J connectivity index is 2.35. The van der Waals surface area contributed by atoms with E-state index in [1.165, 1.54) is 30.5 Å². The smallest absolute Gasteiger partial charge is 0.261 e. The third-order valence-corrected chi connectivity index (χ3v) is 3.71. The molecule has 0 saturated heterocycles. The van der Waals surface area contributed by atoms with E-state index in [0.29, 0.717) is 5.56 Å². The summed E-state index contributed by atoms with van der Waals surface area (Å²) in [5, 5.41) is 11.3. The molecule has 1 aromatic carbocycles. The Morgan fingerprint density at radius 2 is 2.10 bits per heavy atom. The van der Waals surface area contributed by atoms with Crippen molar-refractivity contribution in [1.82, 2.24) is 5.32 Å². The van der Waals surface area contributed by atoms with Crippen LogP contribution in [-0.2, 0) is 4.79 Å². The van der Waals surface area contributed by atoms with Crippen molar-refractivity contribution in [2.24, 2.45) is 0 Å². The lowest BCUT2D eigenvalue weighted by Crippen LogP contribution is -2.18. The van der Waals surface area contributed by atoms with Gasteiger partial charge in [0.1, 0.15) is 17.5 Å². The van der Waals surface area contributed by atoms with Crippen LogP contribution in [0.2, 0.25) is 0 Å². The Hall–Kier alpha value is -2.45. The summed E-state index contributed by atoms with van der Waals surface area (Å²) in [5.74, 6) is -0.731. The van der Waals surface area contributed by atoms with Crippen molar-refractivity contribution < 1.29 is 9.18 Å². The zero-order chi connectivity index (χ0) is 14.5. The van der Waals surface area contributed by atoms with Gasteiger partial charge in [-0.05, 0) is 24.3 Å². The van der Waals surface area contributed by atoms with Crippen LogP contribution < -0.4 is 5.32 Å². The number of nitrogens with zero attached hydrogens (tertiary/aromatic N) is 1. The average molecular weight is 286 g/mol. The average Bonchev–Trinajstić information content (AvgIpc) is 2.92. The number of hydrogen-bond donors (Lipinski definition) is 1. The maximum Gasteiger partial charge on any atom is 0.261 e. The molecule has 2 aromatic rings. The molecule has 0 aliphatic rings. The Bertz CT molecular complexity index is 713. The quantitative estimate of drug-likeness (QED) is 0.696. The zero-order valence-electron chi connectivity index (χ0n) is 10.7. The molecule has 1 amide bonds. The number of carbonyl (C=O) groups excluding carboxylic acids is 1. The minimum absolute atomic E-state index is 0.0226. The maximum absolute atomic E-state index is 13.7. The molecule has 1 aromatic heterocycles. The Morgan fingerprint density at radius 1 is 1.35 bits per heavy atom. The molecule has 0 bridgehead atoms. The van der Waals surface area contributed by atoms with Crippen molar-refractivity contribution >= 4 is 23.3 Å². The normalized spacial score (nSPS) is 10.9. The lowest BCUT2D eigenvalue weighted by atomic mass is 10.2. The summed E-state index contributed by atoms with van der Waals surface area (Å²) in [7, 11) is 1.46. The monoisotopic (exact) mass is 286 g/mol. The van der Waals surface area contributed by atoms with Gasteiger partial charge in [0.05, 0.1) is 0 Å². The highest BCUT2D eigenvalue weighted by atomic mass is 32.1. The van der Waals surface area contributed by atoms with Gasteiger partial charge in [-0.25, -0.2) is 4.39 Å². The number of carbonyl (C=O) groups is 1. The summed E-state index contributed by atoms with van der Waals surface area (Å²) in [6.45, 7) is 0. The number of halogens is 1. The number of nitriles is 1. The number of thiophene rings is 1. The second kappa shape index (κ2) is 6.13. The fourth-order valence-corrected chi connectivity index (χ4v) is 2.64. The molecule has 0 spiro atoms. The molecule has 100 valence electrons. The number of hydrogen-bond acceptors (Lipinski definition) is 3. The second-order valence-corrected chi connectivity index (χ2v) is 5.05. The van der Waals surface area contributed by atoms with E-state index in [9.17, 15) is 9.18 Å². The highest BCUT2D eigenvalue weighted by molar-refractivity contribution is 7.16. The first-order valence-electron chi connectivity index (χ1n) is 5.84. The molecule has 0 aliphatic heterocycles. The van der Waals surface area contributed by atoms with E-state index < -0.39 is 5.91 Å². The molecule has 0 fully saturated rings. The summed E-state index contributed by atoms with van der Waals surface area (Å²) in [6, 6.07) is 11.9. The van der Waals surface area contributed by atoms with Crippen molar-refractivity contribution in [3.8, 4) is 16.5 Å². The van der Waals surface area contributed by atoms with Gasteiger partial charge in [0, 0.05) is 22.4 Å². The van der Waals surface area contributed by atoms with Gasteiger partial charge in [-0.15, -0.1) is 11.3 Å². The van der Waals surface area contributed by atoms with Crippen LogP contribution in [0.5, 0.6) is 0 Å². The largest absolute Gasteiger partial charge is 0.354 e. The SMILES string of the molecule is CNC(=O)/C(C#N)=C/c1ccc(-c2ccccc2F)s1. The minimum Gasteiger partial charge on any atom is -0.354 e. The van der Waals surface area contributed by atoms with Crippen molar-refractivity contribution in [1.29, 1.82) is 5.26 Å². The predicted molar refractivity (Wildman–Crippen MR) is 77.4 cm³/mol. The Morgan fingerprint density at radius 3 is 2.75 bits per heavy atom. The van der Waals surface area contributed by atoms with Gasteiger partial charge in [0.25, 0.3) is 5.91 Å². The van der Waals surface area contributed by atoms with Crippen molar-refractivity contribution in [2.75, 3.05) is 7.05 Å². The van der Waals surface area contributed by atoms with E-state index >= 15 is 0 Å². The summed E-state index contributed by atoms with van der Waals surface area (Å²) in [6.07, 6.45) is 1.49. The summed E-state index contributed by atoms with van der Waals surface area (Å²) >= 11 is 1.32. The van der Waals surface area contributed by atoms with Crippen LogP contribution in [0.4, 0.5) is 4.39 Å². The highest BCUT2D eigenvalue weighted by Crippen LogP contribution is 2.31. The lowest BCUT2D eigenvalue weighted by molar-refractivity contribution is -0.116. The third-order valence-electron chi connectivity index (χ3n) is 2.64. The van der Waals surface area contributed by atoms with Gasteiger partial charge in [0.15, 0.2) is 0 Å². The molecular weight excluding hydrogens is 275 g/mol. The van der Waals surface area contributed by atoms with E-state index in [0.717, 1.165) is 9.75 Å². The molecule has 0 aliphatic carbocycles. The number of nitrogens with one attached hydrogen (secondary N) is 1. The molecule has 2 rings (SSSR count). The van der Waals surface area contributed by atoms with Gasteiger partial charge in [0.2, 0.25) is 0 Å². The summed E-state index contributed by atoms with van der Waals surface area (Å²) in [4.78, 5) is 12.9. The molecule has 0 atom stereocenters. The molecular formula is C15H11FN2OS. The lowest BCUT2D eigenvalue weighted by Gasteiger charge is -1.98. The first-order valence-corrected chi connectivity index (χ1v) is 6.66. The standard InChI is InChI=1S/C15H11FN2OS/c1-18-15(19)10(9-17)8-11-6-7-14(20-11)12-4-2-3-5-13(12)16/h2-8H,1H3,(H,18,19)/b10-8+. The van der Waals surface area contributed by atoms with Gasteiger partial charge in [-0.3, -0.25) is 4.79 Å². The van der Waals surface area contributed by atoms with Crippen molar-refractivity contribution in [3.63, 3.8) is 0 Å². The van der Waals surface area contributed by atoms with E-state index in [-0.39, 0.29) is 11.4 Å². The molecule has 1 heterocycles. The van der Waals surface area contributed by atoms with E-state index in [4.69, 9.17) is 5.26 Å². The van der Waals surface area contributed by atoms with Gasteiger partial charge in [-0.2, -0.15) is 5.26 Å². The number of likely N-dealkylation sites (N-methyl/N-ethyl adjacent to an activating group) is 1. The number of rotatable bonds is 3. The van der Waals surface area contributed by atoms with Crippen LogP contribution in [0, 0.1) is 17.1 Å². The van der Waals surface area contributed by atoms with Crippen molar-refractivity contribution in [2.45, 2.75) is 0 Å². The van der Waals surface area contributed by atoms with Crippen LogP contribution >= 0.6 is 11.3 Å². The zero-order valence-corrected chi connectivity index (χ0v) is 11.5. The first kappa shape index (κ1) is 14.0. The Labute approximate surface area is 120 Å². The second-order valence-electron chi connectivity index (χ2n) is 3.93. The number of benzene rings is 1. The van der Waals surface area contributed by atoms with Crippen LogP contribution in [0.25, 0.3) is 16.5 Å². The molecule has 0 unspecified atom stereocenters. The first-order chi connectivity index (χ1) is 9.65. The Kier molecular flexibility index (Phi) is 4.28. The van der Waals surface area contributed by atoms with Gasteiger partial charge >= 0.3 is 0 Å². The van der Waals surface area contributed by atoms with Crippen molar-refractivity contribution in [3.05, 3.63) is 52.7 Å². The summed E-state index contributed by atoms with van der Waals surface area (Å²) < 4.78 is 13.7. The van der Waals surface area contributed by atoms with Crippen LogP contribution in [0.1, 0.15) is 4.88 Å². The van der Waals surface area contributed by atoms with E-state index in [2.05, 4.69) is 5.32 Å². The molecule has 0 radical (unpaired) electrons. The predicted octanol–water partition coefficient (Wildman–Crippen LogP) is 3.21. The van der Waals surface area contributed by atoms with Gasteiger partial charge < -0.3 is 5.32 Å². The summed E-state index contributed by atoms with van der Waals surface area (Å²) in [5.41, 5.74) is 0.532. The molecule has 0 saturated carbocycles. The molecule has 20 heavy (non-hydrogen) atoms. The molecule has 3 nitrogen and oxygen atoms in total. The third kappa shape index (κ3) is 2.92. The maximum atomic E-state index is 13.7. The van der Waals surface area contributed by atoms with Crippen LogP contribution in [0.3, 0.4) is 0 Å². The van der Waals surface area contributed by atoms with Crippen LogP contribution in [0.15, 0.2) is 42.0 Å². The fourth-order valence-electron chi connectivity index (χ4n) is 1.66. The minimum atomic E-state index is -0.437.